The van der Waals surface area contributed by atoms with E-state index in [0.29, 0.717) is 5.69 Å². The fourth-order valence-electron chi connectivity index (χ4n) is 1.33. The van der Waals surface area contributed by atoms with Crippen molar-refractivity contribution < 1.29 is 10.2 Å². The quantitative estimate of drug-likeness (QED) is 0.422. The Balaban J connectivity index is 2.87. The largest absolute Gasteiger partial charge is 0.508 e. The Morgan fingerprint density at radius 3 is 2.54 bits per heavy atom. The molecule has 3 nitrogen and oxygen atoms in total. The number of fused-ring (bicyclic) bond motifs is 1. The summed E-state index contributed by atoms with van der Waals surface area (Å²) >= 11 is 0. The normalized spacial score (nSPS) is 10.5. The van der Waals surface area contributed by atoms with Crippen LogP contribution in [0.5, 0.6) is 11.5 Å². The lowest BCUT2D eigenvalue weighted by molar-refractivity contribution is 0.475. The lowest BCUT2D eigenvalue weighted by Crippen LogP contribution is -1.87. The van der Waals surface area contributed by atoms with Crippen molar-refractivity contribution in [3.05, 3.63) is 30.3 Å². The number of phenols is 2. The van der Waals surface area contributed by atoms with Crippen LogP contribution in [-0.2, 0) is 0 Å². The van der Waals surface area contributed by atoms with Crippen LogP contribution < -0.4 is 5.73 Å². The van der Waals surface area contributed by atoms with Gasteiger partial charge in [-0.2, -0.15) is 0 Å². The summed E-state index contributed by atoms with van der Waals surface area (Å²) in [4.78, 5) is 0. The molecule has 0 aliphatic carbocycles. The Bertz CT molecular complexity index is 466. The molecule has 0 bridgehead atoms. The predicted molar refractivity (Wildman–Crippen MR) is 51.7 cm³/mol. The summed E-state index contributed by atoms with van der Waals surface area (Å²) < 4.78 is 0. The maximum atomic E-state index is 9.30. The molecule has 0 aliphatic rings. The molecule has 0 atom stereocenters. The number of rotatable bonds is 0. The first-order valence-corrected chi connectivity index (χ1v) is 3.88. The number of aromatic hydroxyl groups is 2. The highest BCUT2D eigenvalue weighted by molar-refractivity contribution is 5.96. The van der Waals surface area contributed by atoms with Gasteiger partial charge in [-0.05, 0) is 29.7 Å². The molecule has 0 radical (unpaired) electrons. The van der Waals surface area contributed by atoms with Crippen molar-refractivity contribution >= 4 is 16.5 Å². The number of hydrogen-bond acceptors (Lipinski definition) is 3. The molecule has 0 amide bonds. The molecule has 66 valence electrons. The van der Waals surface area contributed by atoms with Crippen molar-refractivity contribution in [3.63, 3.8) is 0 Å². The summed E-state index contributed by atoms with van der Waals surface area (Å²) in [6.45, 7) is 0. The number of phenolic OH excluding ortho intramolecular Hbond substituents is 2. The Morgan fingerprint density at radius 2 is 1.77 bits per heavy atom. The Labute approximate surface area is 75.0 Å². The highest BCUT2D eigenvalue weighted by Crippen LogP contribution is 2.31. The fraction of sp³-hybridized carbons (Fsp3) is 0. The molecule has 0 saturated carbocycles. The zero-order valence-electron chi connectivity index (χ0n) is 6.86. The summed E-state index contributed by atoms with van der Waals surface area (Å²) in [5, 5.41) is 20.0. The van der Waals surface area contributed by atoms with Gasteiger partial charge < -0.3 is 15.9 Å². The fourth-order valence-corrected chi connectivity index (χ4v) is 1.33. The number of benzene rings is 2. The maximum Gasteiger partial charge on any atom is 0.139 e. The minimum atomic E-state index is 0.0678. The van der Waals surface area contributed by atoms with E-state index in [9.17, 15) is 10.2 Å². The van der Waals surface area contributed by atoms with Crippen LogP contribution in [0.3, 0.4) is 0 Å². The second kappa shape index (κ2) is 2.55. The van der Waals surface area contributed by atoms with Crippen molar-refractivity contribution in [2.24, 2.45) is 0 Å². The van der Waals surface area contributed by atoms with Crippen LogP contribution in [0.2, 0.25) is 0 Å². The molecule has 0 fully saturated rings. The van der Waals surface area contributed by atoms with E-state index in [0.717, 1.165) is 10.8 Å². The highest BCUT2D eigenvalue weighted by atomic mass is 16.3. The number of hydrogen-bond donors (Lipinski definition) is 3. The number of nitrogen functional groups attached to an aromatic ring is 1. The number of anilines is 1. The molecular weight excluding hydrogens is 166 g/mol. The highest BCUT2D eigenvalue weighted by Gasteiger charge is 2.02. The Hall–Kier alpha value is -1.90. The standard InChI is InChI=1S/C10H9NO2/c11-10-8-3-2-7(12)5-6(8)1-4-9(10)13/h1-5,12-13H,11H2. The second-order valence-corrected chi connectivity index (χ2v) is 2.90. The van der Waals surface area contributed by atoms with Gasteiger partial charge in [-0.3, -0.25) is 0 Å². The van der Waals surface area contributed by atoms with E-state index in [-0.39, 0.29) is 11.5 Å². The molecule has 0 saturated heterocycles. The first-order valence-electron chi connectivity index (χ1n) is 3.88. The molecule has 0 unspecified atom stereocenters. The van der Waals surface area contributed by atoms with Gasteiger partial charge in [-0.15, -0.1) is 0 Å². The summed E-state index contributed by atoms with van der Waals surface area (Å²) in [6.07, 6.45) is 0. The lowest BCUT2D eigenvalue weighted by Gasteiger charge is -2.04. The van der Waals surface area contributed by atoms with E-state index < -0.39 is 0 Å². The van der Waals surface area contributed by atoms with Gasteiger partial charge >= 0.3 is 0 Å². The average molecular weight is 175 g/mol. The minimum Gasteiger partial charge on any atom is -0.508 e. The topological polar surface area (TPSA) is 66.5 Å². The molecule has 2 aromatic rings. The van der Waals surface area contributed by atoms with Crippen LogP contribution in [0.15, 0.2) is 30.3 Å². The van der Waals surface area contributed by atoms with Crippen molar-refractivity contribution in [1.29, 1.82) is 0 Å². The monoisotopic (exact) mass is 175 g/mol. The van der Waals surface area contributed by atoms with Gasteiger partial charge in [-0.25, -0.2) is 0 Å². The average Bonchev–Trinajstić information content (AvgIpc) is 2.12. The van der Waals surface area contributed by atoms with E-state index in [1.54, 1.807) is 18.2 Å². The maximum absolute atomic E-state index is 9.30. The lowest BCUT2D eigenvalue weighted by atomic mass is 10.1. The van der Waals surface area contributed by atoms with Crippen LogP contribution in [-0.4, -0.2) is 10.2 Å². The van der Waals surface area contributed by atoms with Gasteiger partial charge in [0.15, 0.2) is 0 Å². The summed E-state index contributed by atoms with van der Waals surface area (Å²) in [5.41, 5.74) is 5.98. The third kappa shape index (κ3) is 1.14. The molecule has 3 heteroatoms. The van der Waals surface area contributed by atoms with Gasteiger partial charge in [0.25, 0.3) is 0 Å². The first kappa shape index (κ1) is 7.73. The van der Waals surface area contributed by atoms with Gasteiger partial charge in [0.05, 0.1) is 5.69 Å². The van der Waals surface area contributed by atoms with E-state index >= 15 is 0 Å². The van der Waals surface area contributed by atoms with Crippen LogP contribution in [0.4, 0.5) is 5.69 Å². The van der Waals surface area contributed by atoms with Gasteiger partial charge in [0.1, 0.15) is 11.5 Å². The Morgan fingerprint density at radius 1 is 1.00 bits per heavy atom. The molecular formula is C10H9NO2. The van der Waals surface area contributed by atoms with E-state index in [2.05, 4.69) is 0 Å². The number of nitrogens with two attached hydrogens (primary N) is 1. The second-order valence-electron chi connectivity index (χ2n) is 2.90. The zero-order chi connectivity index (χ0) is 9.42. The van der Waals surface area contributed by atoms with E-state index in [1.165, 1.54) is 12.1 Å². The predicted octanol–water partition coefficient (Wildman–Crippen LogP) is 1.83. The minimum absolute atomic E-state index is 0.0678. The Kier molecular flexibility index (Phi) is 1.52. The molecule has 2 rings (SSSR count). The SMILES string of the molecule is Nc1c(O)ccc2cc(O)ccc12. The summed E-state index contributed by atoms with van der Waals surface area (Å²) in [6, 6.07) is 8.04. The molecule has 4 N–H and O–H groups in total. The molecule has 0 heterocycles. The molecule has 0 aromatic heterocycles. The van der Waals surface area contributed by atoms with Crippen molar-refractivity contribution in [1.82, 2.24) is 0 Å². The third-order valence-corrected chi connectivity index (χ3v) is 2.02. The third-order valence-electron chi connectivity index (χ3n) is 2.02. The first-order chi connectivity index (χ1) is 6.18. The van der Waals surface area contributed by atoms with E-state index in [4.69, 9.17) is 5.73 Å². The summed E-state index contributed by atoms with van der Waals surface area (Å²) in [7, 11) is 0. The van der Waals surface area contributed by atoms with Gasteiger partial charge in [0, 0.05) is 5.39 Å². The molecule has 0 aliphatic heterocycles. The van der Waals surface area contributed by atoms with E-state index in [1.807, 2.05) is 0 Å². The van der Waals surface area contributed by atoms with Crippen molar-refractivity contribution in [3.8, 4) is 11.5 Å². The molecule has 13 heavy (non-hydrogen) atoms. The zero-order valence-corrected chi connectivity index (χ0v) is 6.86. The van der Waals surface area contributed by atoms with Crippen molar-refractivity contribution in [2.75, 3.05) is 5.73 Å². The van der Waals surface area contributed by atoms with Crippen LogP contribution in [0, 0.1) is 0 Å². The van der Waals surface area contributed by atoms with Crippen LogP contribution in [0.1, 0.15) is 0 Å². The van der Waals surface area contributed by atoms with Gasteiger partial charge in [-0.1, -0.05) is 6.07 Å². The molecule has 2 aromatic carbocycles. The van der Waals surface area contributed by atoms with Crippen LogP contribution in [0.25, 0.3) is 10.8 Å². The van der Waals surface area contributed by atoms with Gasteiger partial charge in [0.2, 0.25) is 0 Å². The summed E-state index contributed by atoms with van der Waals surface area (Å²) in [5.74, 6) is 0.260. The van der Waals surface area contributed by atoms with Crippen LogP contribution >= 0.6 is 0 Å². The van der Waals surface area contributed by atoms with Crippen molar-refractivity contribution in [2.45, 2.75) is 0 Å². The smallest absolute Gasteiger partial charge is 0.139 e. The molecule has 0 spiro atoms.